The number of hydrogen-bond acceptors (Lipinski definition) is 5. The summed E-state index contributed by atoms with van der Waals surface area (Å²) in [4.78, 5) is 10.7. The number of benzene rings is 1. The van der Waals surface area contributed by atoms with Crippen molar-refractivity contribution in [2.45, 2.75) is 32.7 Å². The molecule has 0 fully saturated rings. The van der Waals surface area contributed by atoms with Crippen LogP contribution < -0.4 is 0 Å². The van der Waals surface area contributed by atoms with Crippen molar-refractivity contribution in [1.29, 1.82) is 0 Å². The van der Waals surface area contributed by atoms with Gasteiger partial charge in [0, 0.05) is 19.2 Å². The highest BCUT2D eigenvalue weighted by molar-refractivity contribution is 7.90. The summed E-state index contributed by atoms with van der Waals surface area (Å²) in [6.45, 7) is 2.38. The molecule has 22 heavy (non-hydrogen) atoms. The lowest BCUT2D eigenvalue weighted by atomic mass is 10.0. The predicted octanol–water partition coefficient (Wildman–Crippen LogP) is 1.19. The van der Waals surface area contributed by atoms with Crippen LogP contribution in [0.5, 0.6) is 0 Å². The fourth-order valence-electron chi connectivity index (χ4n) is 2.36. The smallest absolute Gasteiger partial charge is 0.303 e. The lowest BCUT2D eigenvalue weighted by molar-refractivity contribution is -0.136. The highest BCUT2D eigenvalue weighted by Gasteiger charge is 2.12. The molecule has 0 aliphatic rings. The average Bonchev–Trinajstić information content (AvgIpc) is 2.80. The molecule has 2 aromatic rings. The molecule has 8 heteroatoms. The Hall–Kier alpha value is -1.96. The third-order valence-electron chi connectivity index (χ3n) is 3.55. The summed E-state index contributed by atoms with van der Waals surface area (Å²) < 4.78 is 24.0. The molecule has 0 aliphatic heterocycles. The lowest BCUT2D eigenvalue weighted by Crippen LogP contribution is -2.08. The number of aromatic nitrogens is 3. The van der Waals surface area contributed by atoms with E-state index in [0.29, 0.717) is 19.4 Å². The van der Waals surface area contributed by atoms with Gasteiger partial charge in [0.25, 0.3) is 0 Å². The van der Waals surface area contributed by atoms with Gasteiger partial charge in [0.15, 0.2) is 0 Å². The summed E-state index contributed by atoms with van der Waals surface area (Å²) in [6, 6.07) is 3.75. The second-order valence-corrected chi connectivity index (χ2v) is 7.67. The first-order chi connectivity index (χ1) is 10.3. The number of fused-ring (bicyclic) bond motifs is 1. The largest absolute Gasteiger partial charge is 0.481 e. The first-order valence-electron chi connectivity index (χ1n) is 6.99. The molecule has 2 rings (SSSR count). The van der Waals surface area contributed by atoms with Gasteiger partial charge in [-0.1, -0.05) is 11.3 Å². The quantitative estimate of drug-likeness (QED) is 0.820. The fourth-order valence-corrected chi connectivity index (χ4v) is 3.02. The van der Waals surface area contributed by atoms with E-state index in [4.69, 9.17) is 5.11 Å². The molecular weight excluding hydrogens is 306 g/mol. The van der Waals surface area contributed by atoms with Crippen molar-refractivity contribution in [3.8, 4) is 0 Å². The van der Waals surface area contributed by atoms with E-state index in [-0.39, 0.29) is 12.2 Å². The number of aliphatic carboxylic acids is 1. The normalized spacial score (nSPS) is 11.9. The summed E-state index contributed by atoms with van der Waals surface area (Å²) in [5.74, 6) is -0.715. The van der Waals surface area contributed by atoms with Crippen molar-refractivity contribution in [2.24, 2.45) is 0 Å². The van der Waals surface area contributed by atoms with Crippen LogP contribution in [0.25, 0.3) is 11.0 Å². The Kier molecular flexibility index (Phi) is 4.80. The van der Waals surface area contributed by atoms with Gasteiger partial charge in [0.2, 0.25) is 0 Å². The molecule has 0 saturated carbocycles. The van der Waals surface area contributed by atoms with Gasteiger partial charge in [-0.15, -0.1) is 5.10 Å². The zero-order chi connectivity index (χ0) is 16.3. The van der Waals surface area contributed by atoms with Crippen LogP contribution in [0.1, 0.15) is 24.0 Å². The molecule has 7 nitrogen and oxygen atoms in total. The first-order valence-corrected chi connectivity index (χ1v) is 9.05. The molecule has 1 aromatic carbocycles. The minimum atomic E-state index is -2.98. The molecule has 0 bridgehead atoms. The third-order valence-corrected chi connectivity index (χ3v) is 4.58. The van der Waals surface area contributed by atoms with E-state index in [0.717, 1.165) is 22.2 Å². The number of carboxylic acid groups (broad SMARTS) is 1. The maximum absolute atomic E-state index is 11.2. The zero-order valence-corrected chi connectivity index (χ0v) is 13.4. The van der Waals surface area contributed by atoms with Gasteiger partial charge in [0.05, 0.1) is 11.3 Å². The second-order valence-electron chi connectivity index (χ2n) is 5.41. The van der Waals surface area contributed by atoms with Crippen LogP contribution in [0.15, 0.2) is 12.1 Å². The molecule has 0 unspecified atom stereocenters. The van der Waals surface area contributed by atoms with E-state index in [1.165, 1.54) is 6.26 Å². The molecule has 0 radical (unpaired) electrons. The molecule has 120 valence electrons. The van der Waals surface area contributed by atoms with E-state index in [1.54, 1.807) is 4.68 Å². The van der Waals surface area contributed by atoms with Crippen LogP contribution in [0.2, 0.25) is 0 Å². The van der Waals surface area contributed by atoms with E-state index in [9.17, 15) is 13.2 Å². The van der Waals surface area contributed by atoms with Crippen LogP contribution in [0.3, 0.4) is 0 Å². The molecule has 0 amide bonds. The molecule has 0 spiro atoms. The summed E-state index contributed by atoms with van der Waals surface area (Å²) in [6.07, 6.45) is 2.23. The summed E-state index contributed by atoms with van der Waals surface area (Å²) in [7, 11) is -2.98. The Morgan fingerprint density at radius 2 is 2.09 bits per heavy atom. The summed E-state index contributed by atoms with van der Waals surface area (Å²) >= 11 is 0. The summed E-state index contributed by atoms with van der Waals surface area (Å²) in [5, 5.41) is 17.0. The van der Waals surface area contributed by atoms with Gasteiger partial charge in [-0.25, -0.2) is 13.1 Å². The Bertz CT molecular complexity index is 796. The Labute approximate surface area is 128 Å². The van der Waals surface area contributed by atoms with Gasteiger partial charge >= 0.3 is 5.97 Å². The van der Waals surface area contributed by atoms with Gasteiger partial charge in [-0.05, 0) is 37.0 Å². The molecule has 1 aromatic heterocycles. The Morgan fingerprint density at radius 1 is 1.36 bits per heavy atom. The van der Waals surface area contributed by atoms with Crippen molar-refractivity contribution < 1.29 is 18.3 Å². The monoisotopic (exact) mass is 325 g/mol. The number of hydrogen-bond donors (Lipinski definition) is 1. The minimum absolute atomic E-state index is 0.0782. The molecule has 1 heterocycles. The van der Waals surface area contributed by atoms with Crippen molar-refractivity contribution in [3.05, 3.63) is 23.3 Å². The first kappa shape index (κ1) is 16.4. The molecule has 0 atom stereocenters. The zero-order valence-electron chi connectivity index (χ0n) is 12.6. The van der Waals surface area contributed by atoms with Crippen molar-refractivity contribution in [3.63, 3.8) is 0 Å². The fraction of sp³-hybridized carbons (Fsp3) is 0.500. The standard InChI is InChI=1S/C14H19N3O4S/c1-10-11(5-7-13(18)19)4-6-12-14(10)15-16-17(12)8-3-9-22(2,20)21/h4,6H,3,5,7-9H2,1-2H3,(H,18,19). The topological polar surface area (TPSA) is 102 Å². The van der Waals surface area contributed by atoms with Crippen molar-refractivity contribution in [2.75, 3.05) is 12.0 Å². The maximum atomic E-state index is 11.2. The number of nitrogens with zero attached hydrogens (tertiary/aromatic N) is 3. The predicted molar refractivity (Wildman–Crippen MR) is 82.5 cm³/mol. The average molecular weight is 325 g/mol. The lowest BCUT2D eigenvalue weighted by Gasteiger charge is -2.06. The van der Waals surface area contributed by atoms with Crippen LogP contribution in [0.4, 0.5) is 0 Å². The van der Waals surface area contributed by atoms with E-state index < -0.39 is 15.8 Å². The molecule has 0 aliphatic carbocycles. The van der Waals surface area contributed by atoms with Crippen molar-refractivity contribution in [1.82, 2.24) is 15.0 Å². The van der Waals surface area contributed by atoms with Gasteiger partial charge in [-0.2, -0.15) is 0 Å². The highest BCUT2D eigenvalue weighted by atomic mass is 32.2. The SMILES string of the molecule is Cc1c(CCC(=O)O)ccc2c1nnn2CCCS(C)(=O)=O. The van der Waals surface area contributed by atoms with Gasteiger partial charge in [-0.3, -0.25) is 4.79 Å². The molecular formula is C14H19N3O4S. The minimum Gasteiger partial charge on any atom is -0.481 e. The van der Waals surface area contributed by atoms with Crippen LogP contribution in [-0.2, 0) is 27.6 Å². The number of sulfone groups is 1. The van der Waals surface area contributed by atoms with E-state index >= 15 is 0 Å². The third kappa shape index (κ3) is 4.03. The number of carbonyl (C=O) groups is 1. The van der Waals surface area contributed by atoms with E-state index in [1.807, 2.05) is 19.1 Å². The Balaban J connectivity index is 2.18. The molecule has 1 N–H and O–H groups in total. The number of carboxylic acids is 1. The Morgan fingerprint density at radius 3 is 2.73 bits per heavy atom. The van der Waals surface area contributed by atoms with Crippen LogP contribution in [0, 0.1) is 6.92 Å². The highest BCUT2D eigenvalue weighted by Crippen LogP contribution is 2.21. The molecule has 0 saturated heterocycles. The van der Waals surface area contributed by atoms with E-state index in [2.05, 4.69) is 10.3 Å². The van der Waals surface area contributed by atoms with Crippen LogP contribution in [-0.4, -0.2) is 46.5 Å². The van der Waals surface area contributed by atoms with Gasteiger partial charge < -0.3 is 5.11 Å². The second kappa shape index (κ2) is 6.43. The number of aryl methyl sites for hydroxylation is 3. The van der Waals surface area contributed by atoms with Crippen LogP contribution >= 0.6 is 0 Å². The number of rotatable bonds is 7. The van der Waals surface area contributed by atoms with Crippen molar-refractivity contribution >= 4 is 26.8 Å². The van der Waals surface area contributed by atoms with Gasteiger partial charge in [0.1, 0.15) is 15.4 Å². The summed E-state index contributed by atoms with van der Waals surface area (Å²) in [5.41, 5.74) is 3.44. The maximum Gasteiger partial charge on any atom is 0.303 e.